The van der Waals surface area contributed by atoms with Gasteiger partial charge in [-0.2, -0.15) is 0 Å². The lowest BCUT2D eigenvalue weighted by Crippen LogP contribution is -2.15. The molecule has 0 fully saturated rings. The summed E-state index contributed by atoms with van der Waals surface area (Å²) in [6.45, 7) is 4.87. The molecule has 0 spiro atoms. The first kappa shape index (κ1) is 28.1. The zero-order valence-corrected chi connectivity index (χ0v) is 28.7. The van der Waals surface area contributed by atoms with Gasteiger partial charge in [-0.05, 0) is 100 Å². The zero-order chi connectivity index (χ0) is 33.1. The van der Waals surface area contributed by atoms with E-state index in [2.05, 4.69) is 172 Å². The summed E-state index contributed by atoms with van der Waals surface area (Å²) in [6, 6.07) is 59.0. The molecule has 0 bridgehead atoms. The molecule has 1 heterocycles. The Morgan fingerprint density at radius 1 is 0.420 bits per heavy atom. The topological polar surface area (TPSA) is 0 Å². The van der Waals surface area contributed by atoms with Crippen molar-refractivity contribution in [2.45, 2.75) is 19.3 Å². The molecule has 1 aliphatic rings. The quantitative estimate of drug-likeness (QED) is 0.163. The van der Waals surface area contributed by atoms with Crippen molar-refractivity contribution in [3.63, 3.8) is 0 Å². The Hall–Kier alpha value is -5.76. The lowest BCUT2D eigenvalue weighted by atomic mass is 9.78. The van der Waals surface area contributed by atoms with Gasteiger partial charge < -0.3 is 0 Å². The Kier molecular flexibility index (Phi) is 5.70. The first-order chi connectivity index (χ1) is 24.6. The number of hydrogen-bond acceptors (Lipinski definition) is 1. The van der Waals surface area contributed by atoms with Crippen molar-refractivity contribution in [2.24, 2.45) is 0 Å². The molecular weight excluding hydrogens is 621 g/mol. The molecule has 0 aliphatic heterocycles. The van der Waals surface area contributed by atoms with Gasteiger partial charge in [0.15, 0.2) is 0 Å². The molecule has 234 valence electrons. The minimum atomic E-state index is -0.165. The van der Waals surface area contributed by atoms with Crippen LogP contribution in [0.3, 0.4) is 0 Å². The molecule has 0 saturated heterocycles. The maximum absolute atomic E-state index is 2.52. The van der Waals surface area contributed by atoms with Gasteiger partial charge in [0.05, 0.1) is 0 Å². The highest BCUT2D eigenvalue weighted by atomic mass is 32.1. The van der Waals surface area contributed by atoms with Crippen LogP contribution in [0.15, 0.2) is 158 Å². The molecule has 0 N–H and O–H groups in total. The molecule has 11 rings (SSSR count). The van der Waals surface area contributed by atoms with Crippen LogP contribution in [-0.2, 0) is 5.41 Å². The number of hydrogen-bond donors (Lipinski definition) is 0. The van der Waals surface area contributed by atoms with Gasteiger partial charge in [0.1, 0.15) is 0 Å². The van der Waals surface area contributed by atoms with Crippen LogP contribution in [0, 0.1) is 0 Å². The highest BCUT2D eigenvalue weighted by molar-refractivity contribution is 7.26. The fourth-order valence-corrected chi connectivity index (χ4v) is 10.5. The minimum absolute atomic E-state index is 0.165. The summed E-state index contributed by atoms with van der Waals surface area (Å²) in [6.07, 6.45) is 0. The summed E-state index contributed by atoms with van der Waals surface area (Å²) in [5, 5.41) is 13.2. The maximum atomic E-state index is 2.52. The Bertz CT molecular complexity index is 3010. The molecular formula is C49H32S. The van der Waals surface area contributed by atoms with Gasteiger partial charge in [0, 0.05) is 31.2 Å². The van der Waals surface area contributed by atoms with Gasteiger partial charge >= 0.3 is 0 Å². The van der Waals surface area contributed by atoms with E-state index in [0.29, 0.717) is 0 Å². The molecule has 10 aromatic rings. The molecule has 50 heavy (non-hydrogen) atoms. The van der Waals surface area contributed by atoms with E-state index in [1.165, 1.54) is 108 Å². The van der Waals surface area contributed by atoms with Crippen LogP contribution in [0.5, 0.6) is 0 Å². The predicted octanol–water partition coefficient (Wildman–Crippen LogP) is 14.3. The first-order valence-electron chi connectivity index (χ1n) is 17.5. The maximum Gasteiger partial charge on any atom is 0.0443 e. The Balaban J connectivity index is 1.20. The van der Waals surface area contributed by atoms with E-state index in [-0.39, 0.29) is 5.41 Å². The number of fused-ring (bicyclic) bond motifs is 13. The second kappa shape index (κ2) is 10.1. The van der Waals surface area contributed by atoms with Gasteiger partial charge in [-0.1, -0.05) is 153 Å². The van der Waals surface area contributed by atoms with Crippen molar-refractivity contribution in [3.8, 4) is 33.4 Å². The van der Waals surface area contributed by atoms with Crippen LogP contribution in [0.2, 0.25) is 0 Å². The average Bonchev–Trinajstić information content (AvgIpc) is 3.66. The zero-order valence-electron chi connectivity index (χ0n) is 27.9. The third-order valence-electron chi connectivity index (χ3n) is 11.4. The highest BCUT2D eigenvalue weighted by Gasteiger charge is 2.39. The third kappa shape index (κ3) is 3.71. The number of thiophene rings is 1. The monoisotopic (exact) mass is 652 g/mol. The third-order valence-corrected chi connectivity index (χ3v) is 12.6. The molecule has 1 aromatic heterocycles. The van der Waals surface area contributed by atoms with Crippen molar-refractivity contribution in [1.82, 2.24) is 0 Å². The molecule has 0 atom stereocenters. The molecule has 1 aliphatic carbocycles. The smallest absolute Gasteiger partial charge is 0.0443 e. The van der Waals surface area contributed by atoms with Gasteiger partial charge in [-0.3, -0.25) is 0 Å². The van der Waals surface area contributed by atoms with Crippen LogP contribution in [0.4, 0.5) is 0 Å². The second-order valence-corrected chi connectivity index (χ2v) is 15.4. The Labute approximate surface area is 294 Å². The Morgan fingerprint density at radius 3 is 1.62 bits per heavy atom. The highest BCUT2D eigenvalue weighted by Crippen LogP contribution is 2.58. The van der Waals surface area contributed by atoms with Gasteiger partial charge in [0.2, 0.25) is 0 Å². The average molecular weight is 653 g/mol. The summed E-state index contributed by atoms with van der Waals surface area (Å²) in [4.78, 5) is 0. The fraction of sp³-hybridized carbons (Fsp3) is 0.0612. The van der Waals surface area contributed by atoms with E-state index < -0.39 is 0 Å². The van der Waals surface area contributed by atoms with Gasteiger partial charge in [-0.25, -0.2) is 0 Å². The molecule has 0 saturated carbocycles. The fourth-order valence-electron chi connectivity index (χ4n) is 9.23. The molecule has 0 amide bonds. The number of benzene rings is 9. The number of rotatable bonds is 2. The predicted molar refractivity (Wildman–Crippen MR) is 218 cm³/mol. The van der Waals surface area contributed by atoms with Gasteiger partial charge in [0.25, 0.3) is 0 Å². The van der Waals surface area contributed by atoms with Gasteiger partial charge in [-0.15, -0.1) is 11.3 Å². The Morgan fingerprint density at radius 2 is 0.940 bits per heavy atom. The minimum Gasteiger partial charge on any atom is -0.134 e. The summed E-state index contributed by atoms with van der Waals surface area (Å²) in [5.41, 5.74) is 10.6. The van der Waals surface area contributed by atoms with Crippen molar-refractivity contribution < 1.29 is 0 Å². The molecule has 1 heteroatoms. The van der Waals surface area contributed by atoms with Crippen LogP contribution in [0.25, 0.3) is 96.6 Å². The van der Waals surface area contributed by atoms with Crippen LogP contribution in [0.1, 0.15) is 25.0 Å². The van der Waals surface area contributed by atoms with E-state index in [0.717, 1.165) is 0 Å². The van der Waals surface area contributed by atoms with Crippen LogP contribution in [-0.4, -0.2) is 0 Å². The van der Waals surface area contributed by atoms with Crippen LogP contribution >= 0.6 is 11.3 Å². The summed E-state index contributed by atoms with van der Waals surface area (Å²) < 4.78 is 2.77. The lowest BCUT2D eigenvalue weighted by molar-refractivity contribution is 0.667. The molecule has 9 aromatic carbocycles. The lowest BCUT2D eigenvalue weighted by Gasteiger charge is -2.24. The molecule has 0 nitrogen and oxygen atoms in total. The standard InChI is InChI=1S/C49H32S/c1-49(2)41-28-32(25-26-39(41)46-47(49)38-20-10-9-19-37(38)45-40-21-11-12-22-42(40)50-48(45)46)44-35-17-7-5-15-33(35)43(34-16-6-8-18-36(34)44)31-24-23-29-13-3-4-14-30(29)27-31/h3-28H,1-2H3. The van der Waals surface area contributed by atoms with E-state index >= 15 is 0 Å². The summed E-state index contributed by atoms with van der Waals surface area (Å²) in [5.74, 6) is 0. The van der Waals surface area contributed by atoms with Crippen molar-refractivity contribution in [3.05, 3.63) is 169 Å². The van der Waals surface area contributed by atoms with E-state index in [1.54, 1.807) is 0 Å². The largest absolute Gasteiger partial charge is 0.134 e. The SMILES string of the molecule is CC1(C)c2cc(-c3c4ccccc4c(-c4ccc5ccccc5c4)c4ccccc34)ccc2-c2c1c1ccccc1c1c2sc2ccccc21. The van der Waals surface area contributed by atoms with Crippen molar-refractivity contribution in [1.29, 1.82) is 0 Å². The van der Waals surface area contributed by atoms with Crippen molar-refractivity contribution in [2.75, 3.05) is 0 Å². The van der Waals surface area contributed by atoms with E-state index in [9.17, 15) is 0 Å². The summed E-state index contributed by atoms with van der Waals surface area (Å²) in [7, 11) is 0. The van der Waals surface area contributed by atoms with Crippen LogP contribution < -0.4 is 0 Å². The van der Waals surface area contributed by atoms with E-state index in [4.69, 9.17) is 0 Å². The normalized spacial score (nSPS) is 13.6. The second-order valence-electron chi connectivity index (χ2n) is 14.4. The first-order valence-corrected chi connectivity index (χ1v) is 18.3. The molecule has 0 radical (unpaired) electrons. The van der Waals surface area contributed by atoms with E-state index in [1.807, 2.05) is 11.3 Å². The van der Waals surface area contributed by atoms with Crippen molar-refractivity contribution >= 4 is 74.6 Å². The summed E-state index contributed by atoms with van der Waals surface area (Å²) >= 11 is 1.95. The molecule has 0 unspecified atom stereocenters.